The van der Waals surface area contributed by atoms with E-state index in [0.29, 0.717) is 16.4 Å². The summed E-state index contributed by atoms with van der Waals surface area (Å²) in [6, 6.07) is 3.65. The number of hydrogen-bond donors (Lipinski definition) is 1. The molecule has 0 spiro atoms. The van der Waals surface area contributed by atoms with E-state index in [0.717, 1.165) is 15.8 Å². The Bertz CT molecular complexity index is 536. The lowest BCUT2D eigenvalue weighted by molar-refractivity contribution is 0.0701. The summed E-state index contributed by atoms with van der Waals surface area (Å²) >= 11 is 4.43. The van der Waals surface area contributed by atoms with Crippen LogP contribution in [0.3, 0.4) is 0 Å². The van der Waals surface area contributed by atoms with Gasteiger partial charge in [-0.3, -0.25) is 4.98 Å². The van der Waals surface area contributed by atoms with Crippen molar-refractivity contribution in [1.82, 2.24) is 9.97 Å². The Hall–Kier alpha value is -1.27. The van der Waals surface area contributed by atoms with Gasteiger partial charge in [-0.15, -0.1) is 11.3 Å². The predicted molar refractivity (Wildman–Crippen MR) is 64.7 cm³/mol. The Labute approximate surface area is 104 Å². The van der Waals surface area contributed by atoms with Gasteiger partial charge >= 0.3 is 5.97 Å². The second kappa shape index (κ2) is 4.31. The Morgan fingerprint density at radius 1 is 1.50 bits per heavy atom. The van der Waals surface area contributed by atoms with E-state index in [1.54, 1.807) is 19.2 Å². The Morgan fingerprint density at radius 2 is 2.25 bits per heavy atom. The molecule has 0 saturated heterocycles. The maximum Gasteiger partial charge on any atom is 0.347 e. The smallest absolute Gasteiger partial charge is 0.347 e. The molecule has 2 heterocycles. The number of carbonyl (C=O) groups is 1. The monoisotopic (exact) mass is 298 g/mol. The van der Waals surface area contributed by atoms with Crippen molar-refractivity contribution < 1.29 is 9.90 Å². The van der Waals surface area contributed by atoms with Gasteiger partial charge in [0, 0.05) is 10.7 Å². The second-order valence-electron chi connectivity index (χ2n) is 3.10. The first-order chi connectivity index (χ1) is 7.58. The number of carboxylic acids is 1. The van der Waals surface area contributed by atoms with Crippen LogP contribution in [0.1, 0.15) is 15.4 Å². The number of aromatic carboxylic acids is 1. The molecule has 0 atom stereocenters. The van der Waals surface area contributed by atoms with Crippen molar-refractivity contribution in [2.45, 2.75) is 6.92 Å². The molecular formula is C10H7BrN2O2S. The highest BCUT2D eigenvalue weighted by atomic mass is 79.9. The number of carboxylic acid groups (broad SMARTS) is 1. The fourth-order valence-electron chi connectivity index (χ4n) is 1.21. The molecule has 2 rings (SSSR count). The molecule has 0 aromatic carbocycles. The number of nitrogens with zero attached hydrogens (tertiary/aromatic N) is 2. The van der Waals surface area contributed by atoms with Crippen molar-refractivity contribution >= 4 is 33.2 Å². The first-order valence-electron chi connectivity index (χ1n) is 4.40. The van der Waals surface area contributed by atoms with E-state index in [4.69, 9.17) is 5.11 Å². The molecule has 0 aliphatic heterocycles. The highest BCUT2D eigenvalue weighted by molar-refractivity contribution is 9.10. The molecule has 16 heavy (non-hydrogen) atoms. The fraction of sp³-hybridized carbons (Fsp3) is 0.100. The minimum absolute atomic E-state index is 0.264. The molecule has 0 amide bonds. The third-order valence-electron chi connectivity index (χ3n) is 1.94. The minimum atomic E-state index is -0.946. The topological polar surface area (TPSA) is 63.1 Å². The number of aryl methyl sites for hydroxylation is 1. The Kier molecular flexibility index (Phi) is 3.02. The molecule has 0 bridgehead atoms. The highest BCUT2D eigenvalue weighted by Gasteiger charge is 2.15. The van der Waals surface area contributed by atoms with Gasteiger partial charge in [0.05, 0.1) is 11.4 Å². The van der Waals surface area contributed by atoms with Gasteiger partial charge in [0.1, 0.15) is 9.88 Å². The zero-order chi connectivity index (χ0) is 11.7. The summed E-state index contributed by atoms with van der Waals surface area (Å²) in [6.07, 6.45) is 1.66. The summed E-state index contributed by atoms with van der Waals surface area (Å²) in [6.45, 7) is 1.68. The van der Waals surface area contributed by atoms with E-state index in [1.165, 1.54) is 0 Å². The quantitative estimate of drug-likeness (QED) is 0.926. The van der Waals surface area contributed by atoms with Gasteiger partial charge in [-0.1, -0.05) is 0 Å². The lowest BCUT2D eigenvalue weighted by Crippen LogP contribution is -1.94. The molecule has 2 aromatic heterocycles. The molecular weight excluding hydrogens is 292 g/mol. The van der Waals surface area contributed by atoms with Crippen LogP contribution >= 0.6 is 27.3 Å². The zero-order valence-electron chi connectivity index (χ0n) is 8.27. The van der Waals surface area contributed by atoms with Gasteiger partial charge in [-0.25, -0.2) is 9.78 Å². The van der Waals surface area contributed by atoms with Gasteiger partial charge in [0.25, 0.3) is 0 Å². The van der Waals surface area contributed by atoms with Crippen molar-refractivity contribution in [2.75, 3.05) is 0 Å². The van der Waals surface area contributed by atoms with Crippen molar-refractivity contribution in [3.63, 3.8) is 0 Å². The lowest BCUT2D eigenvalue weighted by Gasteiger charge is -1.94. The zero-order valence-corrected chi connectivity index (χ0v) is 10.7. The molecule has 6 heteroatoms. The third-order valence-corrected chi connectivity index (χ3v) is 3.57. The van der Waals surface area contributed by atoms with Crippen LogP contribution in [0.15, 0.2) is 22.8 Å². The van der Waals surface area contributed by atoms with Crippen LogP contribution in [-0.2, 0) is 0 Å². The predicted octanol–water partition coefficient (Wildman–Crippen LogP) is 2.97. The molecule has 0 fully saturated rings. The van der Waals surface area contributed by atoms with E-state index < -0.39 is 5.97 Å². The second-order valence-corrected chi connectivity index (χ2v) is 5.02. The summed E-state index contributed by atoms with van der Waals surface area (Å²) in [7, 11) is 0. The van der Waals surface area contributed by atoms with Crippen molar-refractivity contribution in [2.24, 2.45) is 0 Å². The van der Waals surface area contributed by atoms with Crippen LogP contribution < -0.4 is 0 Å². The Balaban J connectivity index is 2.45. The molecule has 0 saturated carbocycles. The molecule has 2 aromatic rings. The highest BCUT2D eigenvalue weighted by Crippen LogP contribution is 2.26. The van der Waals surface area contributed by atoms with Crippen LogP contribution in [0.25, 0.3) is 10.7 Å². The van der Waals surface area contributed by atoms with Gasteiger partial charge in [-0.05, 0) is 35.0 Å². The standard InChI is InChI=1S/C10H7BrN2O2S/c1-5-8(10(14)15)16-9(13-5)7-3-2-6(11)4-12-7/h2-4H,1H3,(H,14,15). The van der Waals surface area contributed by atoms with Crippen molar-refractivity contribution in [3.05, 3.63) is 33.4 Å². The summed E-state index contributed by atoms with van der Waals surface area (Å²) in [5, 5.41) is 9.54. The largest absolute Gasteiger partial charge is 0.477 e. The van der Waals surface area contributed by atoms with E-state index >= 15 is 0 Å². The molecule has 4 nitrogen and oxygen atoms in total. The summed E-state index contributed by atoms with van der Waals surface area (Å²) in [5.41, 5.74) is 1.21. The van der Waals surface area contributed by atoms with E-state index in [2.05, 4.69) is 25.9 Å². The molecule has 0 aliphatic rings. The summed E-state index contributed by atoms with van der Waals surface area (Å²) < 4.78 is 0.878. The normalized spacial score (nSPS) is 10.4. The number of halogens is 1. The average Bonchev–Trinajstić information content (AvgIpc) is 2.61. The van der Waals surface area contributed by atoms with Crippen LogP contribution in [0.5, 0.6) is 0 Å². The summed E-state index contributed by atoms with van der Waals surface area (Å²) in [5.74, 6) is -0.946. The number of thiazole rings is 1. The van der Waals surface area contributed by atoms with Crippen molar-refractivity contribution in [1.29, 1.82) is 0 Å². The van der Waals surface area contributed by atoms with E-state index in [1.807, 2.05) is 6.07 Å². The first-order valence-corrected chi connectivity index (χ1v) is 6.01. The number of pyridine rings is 1. The third kappa shape index (κ3) is 2.12. The number of aromatic nitrogens is 2. The summed E-state index contributed by atoms with van der Waals surface area (Å²) in [4.78, 5) is 19.5. The van der Waals surface area contributed by atoms with E-state index in [9.17, 15) is 4.79 Å². The van der Waals surface area contributed by atoms with E-state index in [-0.39, 0.29) is 4.88 Å². The number of rotatable bonds is 2. The van der Waals surface area contributed by atoms with Crippen LogP contribution in [-0.4, -0.2) is 21.0 Å². The lowest BCUT2D eigenvalue weighted by atomic mass is 10.3. The van der Waals surface area contributed by atoms with Gasteiger partial charge < -0.3 is 5.11 Å². The van der Waals surface area contributed by atoms with Gasteiger partial charge in [0.2, 0.25) is 0 Å². The maximum atomic E-state index is 10.9. The van der Waals surface area contributed by atoms with Gasteiger partial charge in [0.15, 0.2) is 0 Å². The van der Waals surface area contributed by atoms with Gasteiger partial charge in [-0.2, -0.15) is 0 Å². The Morgan fingerprint density at radius 3 is 2.75 bits per heavy atom. The SMILES string of the molecule is Cc1nc(-c2ccc(Br)cn2)sc1C(=O)O. The van der Waals surface area contributed by atoms with Crippen LogP contribution in [0.2, 0.25) is 0 Å². The first kappa shape index (κ1) is 11.2. The number of hydrogen-bond acceptors (Lipinski definition) is 4. The minimum Gasteiger partial charge on any atom is -0.477 e. The van der Waals surface area contributed by atoms with Crippen LogP contribution in [0.4, 0.5) is 0 Å². The molecule has 82 valence electrons. The molecule has 0 unspecified atom stereocenters. The van der Waals surface area contributed by atoms with Crippen molar-refractivity contribution in [3.8, 4) is 10.7 Å². The maximum absolute atomic E-state index is 10.9. The molecule has 0 aliphatic carbocycles. The average molecular weight is 299 g/mol. The molecule has 0 radical (unpaired) electrons. The van der Waals surface area contributed by atoms with Crippen LogP contribution in [0, 0.1) is 6.92 Å². The fourth-order valence-corrected chi connectivity index (χ4v) is 2.32. The molecule has 1 N–H and O–H groups in total.